The van der Waals surface area contributed by atoms with Gasteiger partial charge in [-0.1, -0.05) is 69.4 Å². The van der Waals surface area contributed by atoms with Gasteiger partial charge in [0.1, 0.15) is 6.61 Å². The molecule has 0 heterocycles. The molecule has 0 unspecified atom stereocenters. The number of hydrogen-bond donors (Lipinski definition) is 1. The van der Waals surface area contributed by atoms with Crippen LogP contribution in [-0.2, 0) is 11.4 Å². The number of unbranched alkanes of at least 4 members (excludes halogenated alkanes) is 5. The number of amides is 1. The zero-order chi connectivity index (χ0) is 20.7. The van der Waals surface area contributed by atoms with E-state index in [1.807, 2.05) is 48.5 Å². The number of ether oxygens (including phenoxy) is 2. The molecule has 1 amide bonds. The summed E-state index contributed by atoms with van der Waals surface area (Å²) >= 11 is 0. The standard InChI is InChI=1S/C24H32N2O3/c1-3-4-5-6-7-11-14-24(27)26-25-18-21-15-16-22(23(17-21)28-2)29-19-20-12-9-8-10-13-20/h8-10,12-13,15-18H,3-7,11,14,19H2,1-2H3,(H,26,27). The summed E-state index contributed by atoms with van der Waals surface area (Å²) in [5, 5.41) is 4.05. The Morgan fingerprint density at radius 3 is 2.52 bits per heavy atom. The van der Waals surface area contributed by atoms with E-state index < -0.39 is 0 Å². The summed E-state index contributed by atoms with van der Waals surface area (Å²) in [6, 6.07) is 15.5. The molecule has 2 rings (SSSR count). The van der Waals surface area contributed by atoms with Crippen LogP contribution in [0.3, 0.4) is 0 Å². The molecule has 1 N–H and O–H groups in total. The molecule has 0 saturated heterocycles. The summed E-state index contributed by atoms with van der Waals surface area (Å²) in [5.41, 5.74) is 4.51. The fourth-order valence-corrected chi connectivity index (χ4v) is 2.92. The van der Waals surface area contributed by atoms with Crippen LogP contribution in [-0.4, -0.2) is 19.2 Å². The maximum absolute atomic E-state index is 11.8. The lowest BCUT2D eigenvalue weighted by Crippen LogP contribution is -2.16. The van der Waals surface area contributed by atoms with E-state index >= 15 is 0 Å². The number of nitrogens with zero attached hydrogens (tertiary/aromatic N) is 1. The van der Waals surface area contributed by atoms with E-state index in [0.29, 0.717) is 24.5 Å². The highest BCUT2D eigenvalue weighted by atomic mass is 16.5. The van der Waals surface area contributed by atoms with Crippen molar-refractivity contribution in [1.29, 1.82) is 0 Å². The smallest absolute Gasteiger partial charge is 0.240 e. The van der Waals surface area contributed by atoms with Crippen LogP contribution in [0.15, 0.2) is 53.6 Å². The predicted molar refractivity (Wildman–Crippen MR) is 117 cm³/mol. The van der Waals surface area contributed by atoms with Crippen molar-refractivity contribution in [1.82, 2.24) is 5.43 Å². The molecule has 0 bridgehead atoms. The Labute approximate surface area is 174 Å². The fraction of sp³-hybridized carbons (Fsp3) is 0.417. The van der Waals surface area contributed by atoms with Gasteiger partial charge in [-0.15, -0.1) is 0 Å². The lowest BCUT2D eigenvalue weighted by molar-refractivity contribution is -0.121. The van der Waals surface area contributed by atoms with Gasteiger partial charge in [0.15, 0.2) is 11.5 Å². The largest absolute Gasteiger partial charge is 0.493 e. The summed E-state index contributed by atoms with van der Waals surface area (Å²) in [7, 11) is 1.61. The van der Waals surface area contributed by atoms with Crippen molar-refractivity contribution in [2.24, 2.45) is 5.10 Å². The minimum Gasteiger partial charge on any atom is -0.493 e. The molecular formula is C24H32N2O3. The topological polar surface area (TPSA) is 59.9 Å². The normalized spacial score (nSPS) is 10.8. The van der Waals surface area contributed by atoms with Gasteiger partial charge < -0.3 is 9.47 Å². The minimum absolute atomic E-state index is 0.0495. The first-order valence-electron chi connectivity index (χ1n) is 10.4. The number of carbonyl (C=O) groups is 1. The maximum atomic E-state index is 11.8. The minimum atomic E-state index is -0.0495. The Morgan fingerprint density at radius 2 is 1.76 bits per heavy atom. The van der Waals surface area contributed by atoms with Crippen molar-refractivity contribution in [3.05, 3.63) is 59.7 Å². The van der Waals surface area contributed by atoms with Crippen molar-refractivity contribution in [2.75, 3.05) is 7.11 Å². The number of nitrogens with one attached hydrogen (secondary N) is 1. The highest BCUT2D eigenvalue weighted by Crippen LogP contribution is 2.28. The van der Waals surface area contributed by atoms with Crippen LogP contribution >= 0.6 is 0 Å². The number of hydrogen-bond acceptors (Lipinski definition) is 4. The number of methoxy groups -OCH3 is 1. The van der Waals surface area contributed by atoms with Gasteiger partial charge in [-0.3, -0.25) is 4.79 Å². The quantitative estimate of drug-likeness (QED) is 0.277. The molecule has 0 aliphatic heterocycles. The first-order valence-corrected chi connectivity index (χ1v) is 10.4. The zero-order valence-electron chi connectivity index (χ0n) is 17.5. The number of rotatable bonds is 13. The Kier molecular flexibility index (Phi) is 10.4. The van der Waals surface area contributed by atoms with Crippen LogP contribution in [0.5, 0.6) is 11.5 Å². The summed E-state index contributed by atoms with van der Waals surface area (Å²) in [4.78, 5) is 11.8. The van der Waals surface area contributed by atoms with Gasteiger partial charge in [0.25, 0.3) is 0 Å². The Balaban J connectivity index is 1.77. The molecule has 5 heteroatoms. The number of carbonyl (C=O) groups excluding carboxylic acids is 1. The average molecular weight is 397 g/mol. The first kappa shape index (κ1) is 22.5. The molecule has 0 aliphatic rings. The van der Waals surface area contributed by atoms with Crippen molar-refractivity contribution < 1.29 is 14.3 Å². The highest BCUT2D eigenvalue weighted by Gasteiger charge is 2.06. The van der Waals surface area contributed by atoms with Crippen molar-refractivity contribution in [3.8, 4) is 11.5 Å². The second kappa shape index (κ2) is 13.4. The van der Waals surface area contributed by atoms with Crippen LogP contribution in [0.2, 0.25) is 0 Å². The lowest BCUT2D eigenvalue weighted by atomic mass is 10.1. The third-order valence-electron chi connectivity index (χ3n) is 4.59. The van der Waals surface area contributed by atoms with E-state index in [1.165, 1.54) is 25.7 Å². The molecule has 2 aromatic rings. The number of benzene rings is 2. The van der Waals surface area contributed by atoms with Crippen LogP contribution in [0.1, 0.15) is 63.0 Å². The highest BCUT2D eigenvalue weighted by molar-refractivity contribution is 5.83. The molecule has 0 atom stereocenters. The average Bonchev–Trinajstić information content (AvgIpc) is 2.75. The Bertz CT molecular complexity index is 760. The van der Waals surface area contributed by atoms with Crippen LogP contribution in [0, 0.1) is 0 Å². The molecule has 0 fully saturated rings. The molecule has 156 valence electrons. The van der Waals surface area contributed by atoms with E-state index in [9.17, 15) is 4.79 Å². The zero-order valence-corrected chi connectivity index (χ0v) is 17.5. The third-order valence-corrected chi connectivity index (χ3v) is 4.59. The van der Waals surface area contributed by atoms with E-state index in [2.05, 4.69) is 17.5 Å². The van der Waals surface area contributed by atoms with Crippen LogP contribution in [0.4, 0.5) is 0 Å². The predicted octanol–water partition coefficient (Wildman–Crippen LogP) is 5.47. The summed E-state index contributed by atoms with van der Waals surface area (Å²) < 4.78 is 11.3. The Hall–Kier alpha value is -2.82. The van der Waals surface area contributed by atoms with Gasteiger partial charge in [-0.25, -0.2) is 5.43 Å². The van der Waals surface area contributed by atoms with E-state index in [1.54, 1.807) is 13.3 Å². The molecule has 0 aromatic heterocycles. The van der Waals surface area contributed by atoms with Gasteiger partial charge in [-0.2, -0.15) is 5.10 Å². The fourth-order valence-electron chi connectivity index (χ4n) is 2.92. The molecular weight excluding hydrogens is 364 g/mol. The summed E-state index contributed by atoms with van der Waals surface area (Å²) in [6.07, 6.45) is 9.09. The third kappa shape index (κ3) is 8.81. The van der Waals surface area contributed by atoms with Gasteiger partial charge in [-0.05, 0) is 35.7 Å². The molecule has 29 heavy (non-hydrogen) atoms. The summed E-state index contributed by atoms with van der Waals surface area (Å²) in [6.45, 7) is 2.67. The van der Waals surface area contributed by atoms with Crippen molar-refractivity contribution in [2.45, 2.75) is 58.5 Å². The second-order valence-corrected chi connectivity index (χ2v) is 7.00. The Morgan fingerprint density at radius 1 is 1.00 bits per heavy atom. The second-order valence-electron chi connectivity index (χ2n) is 7.00. The maximum Gasteiger partial charge on any atom is 0.240 e. The monoisotopic (exact) mass is 396 g/mol. The molecule has 0 spiro atoms. The molecule has 0 saturated carbocycles. The number of hydrazone groups is 1. The van der Waals surface area contributed by atoms with Crippen LogP contribution in [0.25, 0.3) is 0 Å². The molecule has 5 nitrogen and oxygen atoms in total. The van der Waals surface area contributed by atoms with Gasteiger partial charge in [0.05, 0.1) is 13.3 Å². The van der Waals surface area contributed by atoms with Crippen molar-refractivity contribution >= 4 is 12.1 Å². The van der Waals surface area contributed by atoms with Crippen LogP contribution < -0.4 is 14.9 Å². The van der Waals surface area contributed by atoms with E-state index in [4.69, 9.17) is 9.47 Å². The SMILES string of the molecule is CCCCCCCCC(=O)NN=Cc1ccc(OCc2ccccc2)c(OC)c1. The van der Waals surface area contributed by atoms with Gasteiger partial charge in [0.2, 0.25) is 5.91 Å². The van der Waals surface area contributed by atoms with E-state index in [-0.39, 0.29) is 5.91 Å². The van der Waals surface area contributed by atoms with Gasteiger partial charge in [0, 0.05) is 6.42 Å². The van der Waals surface area contributed by atoms with Crippen molar-refractivity contribution in [3.63, 3.8) is 0 Å². The van der Waals surface area contributed by atoms with Gasteiger partial charge >= 0.3 is 0 Å². The lowest BCUT2D eigenvalue weighted by Gasteiger charge is -2.11. The summed E-state index contributed by atoms with van der Waals surface area (Å²) in [5.74, 6) is 1.25. The van der Waals surface area contributed by atoms with E-state index in [0.717, 1.165) is 24.0 Å². The molecule has 0 radical (unpaired) electrons. The first-order chi connectivity index (χ1) is 14.2. The molecule has 2 aromatic carbocycles. The molecule has 0 aliphatic carbocycles.